The fourth-order valence-corrected chi connectivity index (χ4v) is 2.52. The van der Waals surface area contributed by atoms with Crippen molar-refractivity contribution < 1.29 is 13.3 Å². The van der Waals surface area contributed by atoms with Gasteiger partial charge in [0, 0.05) is 6.07 Å². The van der Waals surface area contributed by atoms with Crippen molar-refractivity contribution in [3.63, 3.8) is 0 Å². The zero-order chi connectivity index (χ0) is 14.0. The monoisotopic (exact) mass is 302 g/mol. The minimum absolute atomic E-state index is 0.116. The molecule has 2 rings (SSSR count). The van der Waals surface area contributed by atoms with Crippen LogP contribution in [-0.2, 0) is 10.0 Å². The molecule has 0 aliphatic carbocycles. The van der Waals surface area contributed by atoms with Crippen LogP contribution in [0.15, 0.2) is 35.7 Å². The van der Waals surface area contributed by atoms with E-state index in [4.69, 9.17) is 11.6 Å². The molecular formula is C9H7ClN4O4S. The zero-order valence-electron chi connectivity index (χ0n) is 9.20. The molecule has 0 bridgehead atoms. The van der Waals surface area contributed by atoms with Gasteiger partial charge < -0.3 is 4.98 Å². The van der Waals surface area contributed by atoms with Gasteiger partial charge in [-0.2, -0.15) is 8.42 Å². The van der Waals surface area contributed by atoms with Crippen molar-refractivity contribution in [1.82, 2.24) is 9.97 Å². The lowest BCUT2D eigenvalue weighted by Crippen LogP contribution is -2.13. The van der Waals surface area contributed by atoms with Gasteiger partial charge in [-0.3, -0.25) is 14.8 Å². The van der Waals surface area contributed by atoms with Gasteiger partial charge in [-0.1, -0.05) is 11.6 Å². The Morgan fingerprint density at radius 1 is 1.42 bits per heavy atom. The summed E-state index contributed by atoms with van der Waals surface area (Å²) >= 11 is 5.68. The normalized spacial score (nSPS) is 11.2. The average Bonchev–Trinajstić information content (AvgIpc) is 2.81. The Hall–Kier alpha value is -2.13. The lowest BCUT2D eigenvalue weighted by Gasteiger charge is -2.06. The van der Waals surface area contributed by atoms with Crippen LogP contribution in [0.25, 0.3) is 0 Å². The number of hydrogen-bond donors (Lipinski definition) is 2. The van der Waals surface area contributed by atoms with E-state index < -0.39 is 14.9 Å². The largest absolute Gasteiger partial charge is 0.334 e. The molecule has 0 spiro atoms. The third-order valence-corrected chi connectivity index (χ3v) is 3.77. The van der Waals surface area contributed by atoms with Crippen LogP contribution < -0.4 is 4.72 Å². The summed E-state index contributed by atoms with van der Waals surface area (Å²) in [5.74, 6) is 0. The standard InChI is InChI=1S/C9H7ClN4O4S/c10-7-3-6(1-2-8(7)14(15)16)13-19(17,18)9-4-11-5-12-9/h1-5,13H,(H,11,12). The van der Waals surface area contributed by atoms with Gasteiger partial charge in [-0.25, -0.2) is 4.98 Å². The van der Waals surface area contributed by atoms with Crippen LogP contribution in [0.1, 0.15) is 0 Å². The van der Waals surface area contributed by atoms with Crippen LogP contribution in [0.2, 0.25) is 5.02 Å². The predicted molar refractivity (Wildman–Crippen MR) is 67.5 cm³/mol. The molecular weight excluding hydrogens is 296 g/mol. The zero-order valence-corrected chi connectivity index (χ0v) is 10.8. The van der Waals surface area contributed by atoms with Gasteiger partial charge in [-0.05, 0) is 12.1 Å². The van der Waals surface area contributed by atoms with Crippen LogP contribution in [0.5, 0.6) is 0 Å². The third-order valence-electron chi connectivity index (χ3n) is 2.16. The van der Waals surface area contributed by atoms with E-state index in [0.717, 1.165) is 18.3 Å². The van der Waals surface area contributed by atoms with Crippen LogP contribution >= 0.6 is 11.6 Å². The number of nitro benzene ring substituents is 1. The number of aromatic nitrogens is 2. The second kappa shape index (κ2) is 4.86. The van der Waals surface area contributed by atoms with E-state index in [1.807, 2.05) is 0 Å². The first kappa shape index (κ1) is 13.3. The predicted octanol–water partition coefficient (Wildman–Crippen LogP) is 1.77. The first-order chi connectivity index (χ1) is 8.90. The molecule has 19 heavy (non-hydrogen) atoms. The molecule has 1 aromatic heterocycles. The maximum absolute atomic E-state index is 11.8. The lowest BCUT2D eigenvalue weighted by atomic mass is 10.3. The van der Waals surface area contributed by atoms with Gasteiger partial charge in [-0.15, -0.1) is 0 Å². The Morgan fingerprint density at radius 3 is 2.68 bits per heavy atom. The van der Waals surface area contributed by atoms with Gasteiger partial charge in [0.2, 0.25) is 0 Å². The molecule has 0 amide bonds. The molecule has 8 nitrogen and oxygen atoms in total. The minimum atomic E-state index is -3.82. The highest BCUT2D eigenvalue weighted by Crippen LogP contribution is 2.28. The van der Waals surface area contributed by atoms with Crippen molar-refractivity contribution in [2.75, 3.05) is 4.72 Å². The van der Waals surface area contributed by atoms with Crippen molar-refractivity contribution in [2.45, 2.75) is 5.03 Å². The Morgan fingerprint density at radius 2 is 2.16 bits per heavy atom. The number of imidazole rings is 1. The number of aromatic amines is 1. The summed E-state index contributed by atoms with van der Waals surface area (Å²) in [6, 6.07) is 3.53. The number of H-pyrrole nitrogens is 1. The summed E-state index contributed by atoms with van der Waals surface area (Å²) in [4.78, 5) is 16.0. The molecule has 100 valence electrons. The Balaban J connectivity index is 2.30. The molecule has 2 aromatic rings. The van der Waals surface area contributed by atoms with E-state index in [2.05, 4.69) is 14.7 Å². The first-order valence-corrected chi connectivity index (χ1v) is 6.71. The summed E-state index contributed by atoms with van der Waals surface area (Å²) in [5.41, 5.74) is -0.184. The van der Waals surface area contributed by atoms with Crippen LogP contribution in [0.3, 0.4) is 0 Å². The molecule has 0 atom stereocenters. The van der Waals surface area contributed by atoms with Gasteiger partial charge in [0.15, 0.2) is 5.03 Å². The molecule has 1 heterocycles. The number of nitrogens with one attached hydrogen (secondary N) is 2. The second-order valence-electron chi connectivity index (χ2n) is 3.44. The Labute approximate surface area is 112 Å². The summed E-state index contributed by atoms with van der Waals surface area (Å²) in [7, 11) is -3.82. The highest BCUT2D eigenvalue weighted by Gasteiger charge is 2.18. The van der Waals surface area contributed by atoms with Crippen LogP contribution in [0.4, 0.5) is 11.4 Å². The van der Waals surface area contributed by atoms with E-state index in [-0.39, 0.29) is 21.4 Å². The molecule has 10 heteroatoms. The molecule has 0 unspecified atom stereocenters. The fraction of sp³-hybridized carbons (Fsp3) is 0. The SMILES string of the molecule is O=[N+]([O-])c1ccc(NS(=O)(=O)c2cnc[nH]2)cc1Cl. The van der Waals surface area contributed by atoms with E-state index in [1.54, 1.807) is 0 Å². The highest BCUT2D eigenvalue weighted by molar-refractivity contribution is 7.92. The molecule has 1 aromatic carbocycles. The summed E-state index contributed by atoms with van der Waals surface area (Å²) in [6.07, 6.45) is 2.35. The number of rotatable bonds is 4. The highest BCUT2D eigenvalue weighted by atomic mass is 35.5. The van der Waals surface area contributed by atoms with E-state index >= 15 is 0 Å². The maximum atomic E-state index is 11.8. The van der Waals surface area contributed by atoms with Crippen molar-refractivity contribution in [1.29, 1.82) is 0 Å². The van der Waals surface area contributed by atoms with Crippen molar-refractivity contribution in [3.05, 3.63) is 45.9 Å². The van der Waals surface area contributed by atoms with Crippen molar-refractivity contribution >= 4 is 33.0 Å². The third kappa shape index (κ3) is 2.83. The van der Waals surface area contributed by atoms with Gasteiger partial charge in [0.1, 0.15) is 5.02 Å². The van der Waals surface area contributed by atoms with Crippen LogP contribution in [0, 0.1) is 10.1 Å². The molecule has 0 radical (unpaired) electrons. The number of benzene rings is 1. The average molecular weight is 303 g/mol. The number of nitro groups is 1. The summed E-state index contributed by atoms with van der Waals surface area (Å²) < 4.78 is 25.9. The Bertz CT molecular complexity index is 714. The molecule has 0 aliphatic rings. The number of sulfonamides is 1. The van der Waals surface area contributed by atoms with Crippen molar-refractivity contribution in [2.24, 2.45) is 0 Å². The molecule has 2 N–H and O–H groups in total. The van der Waals surface area contributed by atoms with Gasteiger partial charge >= 0.3 is 0 Å². The topological polar surface area (TPSA) is 118 Å². The first-order valence-electron chi connectivity index (χ1n) is 4.85. The number of anilines is 1. The fourth-order valence-electron chi connectivity index (χ4n) is 1.32. The van der Waals surface area contributed by atoms with E-state index in [1.165, 1.54) is 12.4 Å². The summed E-state index contributed by atoms with van der Waals surface area (Å²) in [6.45, 7) is 0. The molecule has 0 saturated heterocycles. The summed E-state index contributed by atoms with van der Waals surface area (Å²) in [5, 5.41) is 10.3. The number of halogens is 1. The quantitative estimate of drug-likeness (QED) is 0.659. The molecule has 0 fully saturated rings. The smallest absolute Gasteiger partial charge is 0.288 e. The van der Waals surface area contributed by atoms with Crippen molar-refractivity contribution in [3.8, 4) is 0 Å². The lowest BCUT2D eigenvalue weighted by molar-refractivity contribution is -0.384. The number of hydrogen-bond acceptors (Lipinski definition) is 5. The molecule has 0 saturated carbocycles. The van der Waals surface area contributed by atoms with Gasteiger partial charge in [0.25, 0.3) is 15.7 Å². The maximum Gasteiger partial charge on any atom is 0.288 e. The van der Waals surface area contributed by atoms with Gasteiger partial charge in [0.05, 0.1) is 23.1 Å². The van der Waals surface area contributed by atoms with E-state index in [9.17, 15) is 18.5 Å². The van der Waals surface area contributed by atoms with E-state index in [0.29, 0.717) is 0 Å². The second-order valence-corrected chi connectivity index (χ2v) is 5.50. The Kier molecular flexibility index (Phi) is 3.40. The minimum Gasteiger partial charge on any atom is -0.334 e. The molecule has 0 aliphatic heterocycles. The number of nitrogens with zero attached hydrogens (tertiary/aromatic N) is 2. The van der Waals surface area contributed by atoms with Crippen LogP contribution in [-0.4, -0.2) is 23.3 Å².